The lowest BCUT2D eigenvalue weighted by Gasteiger charge is -2.14. The van der Waals surface area contributed by atoms with E-state index in [1.54, 1.807) is 60.7 Å². The lowest BCUT2D eigenvalue weighted by molar-refractivity contribution is 0.0599. The molecule has 0 aliphatic carbocycles. The van der Waals surface area contributed by atoms with Gasteiger partial charge in [0.15, 0.2) is 5.75 Å². The van der Waals surface area contributed by atoms with Crippen molar-refractivity contribution in [3.8, 4) is 11.5 Å². The average Bonchev–Trinajstić information content (AvgIpc) is 2.89. The summed E-state index contributed by atoms with van der Waals surface area (Å²) in [6, 6.07) is 21.9. The van der Waals surface area contributed by atoms with Crippen molar-refractivity contribution in [3.63, 3.8) is 0 Å². The molecule has 2 amide bonds. The Bertz CT molecular complexity index is 1530. The number of rotatable bonds is 7. The Morgan fingerprint density at radius 3 is 2.17 bits per heavy atom. The highest BCUT2D eigenvalue weighted by atomic mass is 32.2. The Balaban J connectivity index is 1.59. The quantitative estimate of drug-likeness (QED) is 0.266. The lowest BCUT2D eigenvalue weighted by atomic mass is 10.1. The summed E-state index contributed by atoms with van der Waals surface area (Å²) in [6.45, 7) is 0. The van der Waals surface area contributed by atoms with E-state index in [1.165, 1.54) is 31.4 Å². The van der Waals surface area contributed by atoms with Gasteiger partial charge in [-0.15, -0.1) is 0 Å². The number of nitrogens with one attached hydrogen (secondary N) is 2. The fourth-order valence-corrected chi connectivity index (χ4v) is 4.67. The molecule has 0 bridgehead atoms. The van der Waals surface area contributed by atoms with Crippen molar-refractivity contribution < 1.29 is 31.7 Å². The van der Waals surface area contributed by atoms with E-state index in [2.05, 4.69) is 10.6 Å². The summed E-state index contributed by atoms with van der Waals surface area (Å²) in [5.41, 5.74) is 0.558. The Kier molecular flexibility index (Phi) is 7.07. The zero-order valence-electron chi connectivity index (χ0n) is 19.3. The van der Waals surface area contributed by atoms with Crippen molar-refractivity contribution in [1.29, 1.82) is 0 Å². The monoisotopic (exact) mass is 506 g/mol. The van der Waals surface area contributed by atoms with E-state index in [0.29, 0.717) is 16.8 Å². The predicted octanol–water partition coefficient (Wildman–Crippen LogP) is 5.05. The van der Waals surface area contributed by atoms with Crippen molar-refractivity contribution in [2.24, 2.45) is 0 Å². The molecule has 9 nitrogen and oxygen atoms in total. The highest BCUT2D eigenvalue weighted by molar-refractivity contribution is 7.87. The molecule has 2 N–H and O–H groups in total. The van der Waals surface area contributed by atoms with Gasteiger partial charge in [-0.25, -0.2) is 9.59 Å². The van der Waals surface area contributed by atoms with Crippen LogP contribution in [-0.2, 0) is 14.9 Å². The molecule has 36 heavy (non-hydrogen) atoms. The Morgan fingerprint density at radius 2 is 1.44 bits per heavy atom. The van der Waals surface area contributed by atoms with Crippen LogP contribution in [-0.4, -0.2) is 34.6 Å². The van der Waals surface area contributed by atoms with Crippen molar-refractivity contribution in [1.82, 2.24) is 0 Å². The minimum Gasteiger partial charge on any atom is -0.497 e. The molecule has 10 heteroatoms. The summed E-state index contributed by atoms with van der Waals surface area (Å²) in [4.78, 5) is 24.8. The maximum Gasteiger partial charge on any atom is 0.341 e. The summed E-state index contributed by atoms with van der Waals surface area (Å²) >= 11 is 0. The molecule has 0 aromatic heterocycles. The van der Waals surface area contributed by atoms with Crippen LogP contribution in [0.15, 0.2) is 89.8 Å². The third-order valence-corrected chi connectivity index (χ3v) is 6.50. The SMILES string of the molecule is COC(=O)c1cc(NC(=O)Nc2ccc(OC)cc2)ccc1OS(=O)(=O)c1cccc2ccccc12. The average molecular weight is 507 g/mol. The maximum absolute atomic E-state index is 13.1. The van der Waals surface area contributed by atoms with E-state index in [4.69, 9.17) is 13.7 Å². The maximum atomic E-state index is 13.1. The van der Waals surface area contributed by atoms with Gasteiger partial charge in [0, 0.05) is 16.8 Å². The van der Waals surface area contributed by atoms with Gasteiger partial charge in [0.05, 0.1) is 14.2 Å². The van der Waals surface area contributed by atoms with Gasteiger partial charge in [0.1, 0.15) is 16.2 Å². The van der Waals surface area contributed by atoms with Gasteiger partial charge in [-0.05, 0) is 53.9 Å². The summed E-state index contributed by atoms with van der Waals surface area (Å²) in [5, 5.41) is 6.44. The molecule has 4 aromatic rings. The van der Waals surface area contributed by atoms with E-state index in [9.17, 15) is 18.0 Å². The molecular formula is C26H22N2O7S. The molecule has 0 aliphatic heterocycles. The first-order valence-corrected chi connectivity index (χ1v) is 12.1. The van der Waals surface area contributed by atoms with Crippen LogP contribution in [0.1, 0.15) is 10.4 Å². The van der Waals surface area contributed by atoms with Crippen LogP contribution in [0.2, 0.25) is 0 Å². The van der Waals surface area contributed by atoms with Crippen LogP contribution in [0.3, 0.4) is 0 Å². The summed E-state index contributed by atoms with van der Waals surface area (Å²) in [6.07, 6.45) is 0. The van der Waals surface area contributed by atoms with Crippen LogP contribution in [0.4, 0.5) is 16.2 Å². The van der Waals surface area contributed by atoms with Crippen LogP contribution < -0.4 is 19.6 Å². The van der Waals surface area contributed by atoms with Crippen molar-refractivity contribution >= 4 is 44.3 Å². The Morgan fingerprint density at radius 1 is 0.778 bits per heavy atom. The third kappa shape index (κ3) is 5.39. The Hall–Kier alpha value is -4.57. The van der Waals surface area contributed by atoms with E-state index in [-0.39, 0.29) is 21.9 Å². The molecule has 0 atom stereocenters. The molecule has 0 saturated heterocycles. The summed E-state index contributed by atoms with van der Waals surface area (Å²) in [7, 11) is -1.61. The fourth-order valence-electron chi connectivity index (χ4n) is 3.49. The first-order chi connectivity index (χ1) is 17.3. The number of amides is 2. The van der Waals surface area contributed by atoms with E-state index in [0.717, 1.165) is 12.5 Å². The van der Waals surface area contributed by atoms with Crippen molar-refractivity contribution in [2.75, 3.05) is 24.9 Å². The van der Waals surface area contributed by atoms with Crippen LogP contribution >= 0.6 is 0 Å². The molecule has 184 valence electrons. The second kappa shape index (κ2) is 10.4. The van der Waals surface area contributed by atoms with Gasteiger partial charge >= 0.3 is 22.1 Å². The number of hydrogen-bond acceptors (Lipinski definition) is 7. The molecule has 4 aromatic carbocycles. The normalized spacial score (nSPS) is 10.9. The first-order valence-electron chi connectivity index (χ1n) is 10.7. The van der Waals surface area contributed by atoms with Gasteiger partial charge in [0.25, 0.3) is 0 Å². The zero-order valence-corrected chi connectivity index (χ0v) is 20.2. The highest BCUT2D eigenvalue weighted by Crippen LogP contribution is 2.30. The zero-order chi connectivity index (χ0) is 25.7. The summed E-state index contributed by atoms with van der Waals surface area (Å²) < 4.78 is 41.5. The minimum atomic E-state index is -4.30. The molecule has 0 spiro atoms. The van der Waals surface area contributed by atoms with Gasteiger partial charge < -0.3 is 24.3 Å². The Labute approximate surface area is 207 Å². The lowest BCUT2D eigenvalue weighted by Crippen LogP contribution is -2.20. The number of methoxy groups -OCH3 is 2. The highest BCUT2D eigenvalue weighted by Gasteiger charge is 2.24. The van der Waals surface area contributed by atoms with E-state index >= 15 is 0 Å². The molecule has 4 rings (SSSR count). The topological polar surface area (TPSA) is 120 Å². The van der Waals surface area contributed by atoms with Gasteiger partial charge in [0.2, 0.25) is 0 Å². The fraction of sp³-hybridized carbons (Fsp3) is 0.0769. The van der Waals surface area contributed by atoms with E-state index in [1.807, 2.05) is 0 Å². The van der Waals surface area contributed by atoms with Gasteiger partial charge in [-0.3, -0.25) is 0 Å². The van der Waals surface area contributed by atoms with Crippen LogP contribution in [0, 0.1) is 0 Å². The largest absolute Gasteiger partial charge is 0.497 e. The number of benzene rings is 4. The number of carbonyl (C=O) groups excluding carboxylic acids is 2. The van der Waals surface area contributed by atoms with Crippen molar-refractivity contribution in [3.05, 3.63) is 90.5 Å². The van der Waals surface area contributed by atoms with Crippen LogP contribution in [0.5, 0.6) is 11.5 Å². The first kappa shape index (κ1) is 24.6. The third-order valence-electron chi connectivity index (χ3n) is 5.21. The van der Waals surface area contributed by atoms with Crippen LogP contribution in [0.25, 0.3) is 10.8 Å². The number of carbonyl (C=O) groups is 2. The number of fused-ring (bicyclic) bond motifs is 1. The number of anilines is 2. The molecule has 0 fully saturated rings. The molecule has 0 unspecified atom stereocenters. The standard InChI is InChI=1S/C26H22N2O7S/c1-33-20-13-10-18(11-14-20)27-26(30)28-19-12-15-23(22(16-19)25(29)34-2)35-36(31,32)24-9-5-7-17-6-3-4-8-21(17)24/h3-16H,1-2H3,(H2,27,28,30). The number of hydrogen-bond donors (Lipinski definition) is 2. The molecule has 0 radical (unpaired) electrons. The second-order valence-corrected chi connectivity index (χ2v) is 9.04. The molecule has 0 saturated carbocycles. The molecule has 0 heterocycles. The smallest absolute Gasteiger partial charge is 0.341 e. The molecule has 0 aliphatic rings. The van der Waals surface area contributed by atoms with Gasteiger partial charge in [-0.2, -0.15) is 8.42 Å². The van der Waals surface area contributed by atoms with Gasteiger partial charge in [-0.1, -0.05) is 36.4 Å². The predicted molar refractivity (Wildman–Crippen MR) is 135 cm³/mol. The number of urea groups is 1. The number of ether oxygens (including phenoxy) is 2. The summed E-state index contributed by atoms with van der Waals surface area (Å²) in [5.74, 6) is -0.439. The number of esters is 1. The second-order valence-electron chi connectivity index (χ2n) is 7.52. The molecular weight excluding hydrogens is 484 g/mol. The van der Waals surface area contributed by atoms with E-state index < -0.39 is 22.1 Å². The van der Waals surface area contributed by atoms with Crippen molar-refractivity contribution in [2.45, 2.75) is 4.90 Å². The minimum absolute atomic E-state index is 0.0440.